The van der Waals surface area contributed by atoms with E-state index in [-0.39, 0.29) is 41.6 Å². The second-order valence-electron chi connectivity index (χ2n) is 2.51. The minimum atomic E-state index is -1.03. The molecule has 0 fully saturated rings. The number of halogens is 1. The molecule has 2 aromatic rings. The molecule has 6 heteroatoms. The van der Waals surface area contributed by atoms with E-state index >= 15 is 0 Å². The van der Waals surface area contributed by atoms with E-state index in [2.05, 4.69) is 5.10 Å². The number of fused-ring (bicyclic) bond motifs is 1. The summed E-state index contributed by atoms with van der Waals surface area (Å²) in [4.78, 5) is 10.7. The molecule has 0 saturated carbocycles. The zero-order valence-corrected chi connectivity index (χ0v) is 10.2. The Hall–Kier alpha value is -0.550. The Kier molecular flexibility index (Phi) is 3.55. The average Bonchev–Trinajstić information content (AvgIpc) is 2.52. The second kappa shape index (κ2) is 4.31. The van der Waals surface area contributed by atoms with Crippen LogP contribution in [0.15, 0.2) is 24.5 Å². The fraction of sp³-hybridized carbons (Fsp3) is 0. The number of carbonyl (C=O) groups is 1. The first kappa shape index (κ1) is 11.5. The van der Waals surface area contributed by atoms with Crippen molar-refractivity contribution in [2.24, 2.45) is 0 Å². The molecule has 0 saturated heterocycles. The van der Waals surface area contributed by atoms with E-state index in [4.69, 9.17) is 16.7 Å². The zero-order chi connectivity index (χ0) is 9.42. The van der Waals surface area contributed by atoms with E-state index in [9.17, 15) is 4.79 Å². The van der Waals surface area contributed by atoms with Crippen LogP contribution in [0.1, 0.15) is 11.8 Å². The number of aromatic nitrogens is 2. The minimum absolute atomic E-state index is 0. The normalized spacial score (nSPS) is 9.79. The third-order valence-corrected chi connectivity index (χ3v) is 2.14. The fourth-order valence-electron chi connectivity index (χ4n) is 1.13. The summed E-state index contributed by atoms with van der Waals surface area (Å²) >= 11 is 5.84. The zero-order valence-electron chi connectivity index (χ0n) is 8.44. The van der Waals surface area contributed by atoms with Crippen molar-refractivity contribution in [2.75, 3.05) is 0 Å². The Labute approximate surface area is 108 Å². The Morgan fingerprint density at radius 3 is 2.93 bits per heavy atom. The number of nitrogens with zero attached hydrogens (tertiary/aromatic N) is 2. The van der Waals surface area contributed by atoms with Crippen molar-refractivity contribution in [1.82, 2.24) is 9.61 Å². The number of pyridine rings is 1. The summed E-state index contributed by atoms with van der Waals surface area (Å²) in [6.07, 6.45) is 3.12. The van der Waals surface area contributed by atoms with Crippen LogP contribution in [0.4, 0.5) is 0 Å². The number of aromatic carboxylic acids is 1. The molecule has 0 aromatic carbocycles. The topological polar surface area (TPSA) is 54.6 Å². The van der Waals surface area contributed by atoms with Crippen molar-refractivity contribution in [1.29, 1.82) is 0 Å². The fourth-order valence-corrected chi connectivity index (χ4v) is 1.42. The van der Waals surface area contributed by atoms with Crippen molar-refractivity contribution in [3.63, 3.8) is 0 Å². The molecule has 14 heavy (non-hydrogen) atoms. The average molecular weight is 221 g/mol. The number of hydrogen-bond donors (Lipinski definition) is 1. The maximum atomic E-state index is 10.7. The van der Waals surface area contributed by atoms with Gasteiger partial charge in [0.25, 0.3) is 0 Å². The molecular formula is C8H6ClN2NaO2. The maximum Gasteiger partial charge on any atom is 1.00 e. The van der Waals surface area contributed by atoms with E-state index < -0.39 is 5.97 Å². The summed E-state index contributed by atoms with van der Waals surface area (Å²) in [5, 5.41) is 12.9. The first-order valence-corrected chi connectivity index (χ1v) is 3.93. The van der Waals surface area contributed by atoms with Gasteiger partial charge in [0, 0.05) is 6.20 Å². The van der Waals surface area contributed by atoms with Gasteiger partial charge >= 0.3 is 35.5 Å². The van der Waals surface area contributed by atoms with Gasteiger partial charge in [0.2, 0.25) is 0 Å². The Bertz CT molecular complexity index is 488. The van der Waals surface area contributed by atoms with Gasteiger partial charge in [-0.2, -0.15) is 5.10 Å². The van der Waals surface area contributed by atoms with Crippen LogP contribution in [0, 0.1) is 0 Å². The van der Waals surface area contributed by atoms with Gasteiger partial charge < -0.3 is 6.53 Å². The summed E-state index contributed by atoms with van der Waals surface area (Å²) in [7, 11) is 0. The van der Waals surface area contributed by atoms with Crippen LogP contribution in [0.25, 0.3) is 5.52 Å². The van der Waals surface area contributed by atoms with Gasteiger partial charge in [-0.1, -0.05) is 11.6 Å². The molecular weight excluding hydrogens is 215 g/mol. The summed E-state index contributed by atoms with van der Waals surface area (Å²) in [5.74, 6) is -1.03. The molecule has 2 rings (SSSR count). The molecule has 0 amide bonds. The van der Waals surface area contributed by atoms with Crippen LogP contribution in [-0.4, -0.2) is 20.7 Å². The molecule has 0 bridgehead atoms. The molecule has 68 valence electrons. The molecule has 0 aliphatic carbocycles. The smallest absolute Gasteiger partial charge is 1.00 e. The van der Waals surface area contributed by atoms with Gasteiger partial charge in [0.05, 0.1) is 22.3 Å². The van der Waals surface area contributed by atoms with Crippen LogP contribution in [0.3, 0.4) is 0 Å². The summed E-state index contributed by atoms with van der Waals surface area (Å²) in [6.45, 7) is 0. The van der Waals surface area contributed by atoms with E-state index in [1.54, 1.807) is 18.5 Å². The van der Waals surface area contributed by atoms with Crippen LogP contribution in [0.2, 0.25) is 5.02 Å². The minimum Gasteiger partial charge on any atom is -1.00 e. The number of carboxylic acids is 1. The number of carboxylic acid groups (broad SMARTS) is 1. The predicted molar refractivity (Wildman–Crippen MR) is 48.3 cm³/mol. The molecule has 0 atom stereocenters. The van der Waals surface area contributed by atoms with E-state index in [0.29, 0.717) is 5.52 Å². The molecule has 0 aliphatic rings. The monoisotopic (exact) mass is 220 g/mol. The second-order valence-corrected chi connectivity index (χ2v) is 2.89. The van der Waals surface area contributed by atoms with Crippen molar-refractivity contribution in [3.05, 3.63) is 35.1 Å². The van der Waals surface area contributed by atoms with Gasteiger partial charge in [-0.15, -0.1) is 0 Å². The van der Waals surface area contributed by atoms with Gasteiger partial charge in [0.1, 0.15) is 0 Å². The van der Waals surface area contributed by atoms with Gasteiger partial charge in [-0.3, -0.25) is 0 Å². The molecule has 4 nitrogen and oxygen atoms in total. The van der Waals surface area contributed by atoms with E-state index in [1.165, 1.54) is 10.6 Å². The van der Waals surface area contributed by atoms with Crippen LogP contribution in [-0.2, 0) is 0 Å². The Morgan fingerprint density at radius 1 is 1.57 bits per heavy atom. The van der Waals surface area contributed by atoms with Crippen molar-refractivity contribution < 1.29 is 40.9 Å². The van der Waals surface area contributed by atoms with Crippen LogP contribution >= 0.6 is 11.6 Å². The Balaban J connectivity index is 0.000000980. The van der Waals surface area contributed by atoms with Crippen molar-refractivity contribution in [3.8, 4) is 0 Å². The van der Waals surface area contributed by atoms with Gasteiger partial charge in [0.15, 0.2) is 0 Å². The molecule has 2 heterocycles. The standard InChI is InChI=1S/C8H5ClN2O2.Na.H/c9-7-5(8(12)13)2-4-11-6(7)1-3-10-11;;/h1-4H,(H,12,13);;/q;+1;-1. The molecule has 0 spiro atoms. The maximum absolute atomic E-state index is 10.7. The molecule has 0 unspecified atom stereocenters. The number of hydrogen-bond acceptors (Lipinski definition) is 2. The summed E-state index contributed by atoms with van der Waals surface area (Å²) < 4.78 is 1.52. The SMILES string of the molecule is O=C(O)c1ccn2nccc2c1Cl.[H-].[Na+]. The van der Waals surface area contributed by atoms with Gasteiger partial charge in [-0.05, 0) is 12.1 Å². The molecule has 0 radical (unpaired) electrons. The third kappa shape index (κ3) is 1.79. The quantitative estimate of drug-likeness (QED) is 0.615. The predicted octanol–water partition coefficient (Wildman–Crippen LogP) is -1.20. The van der Waals surface area contributed by atoms with E-state index in [1.807, 2.05) is 0 Å². The van der Waals surface area contributed by atoms with Crippen LogP contribution < -0.4 is 29.6 Å². The largest absolute Gasteiger partial charge is 1.00 e. The van der Waals surface area contributed by atoms with E-state index in [0.717, 1.165) is 0 Å². The third-order valence-electron chi connectivity index (χ3n) is 1.74. The molecule has 2 aromatic heterocycles. The molecule has 1 N–H and O–H groups in total. The first-order chi connectivity index (χ1) is 6.20. The van der Waals surface area contributed by atoms with Crippen molar-refractivity contribution in [2.45, 2.75) is 0 Å². The van der Waals surface area contributed by atoms with Gasteiger partial charge in [-0.25, -0.2) is 9.31 Å². The Morgan fingerprint density at radius 2 is 2.29 bits per heavy atom. The number of rotatable bonds is 1. The summed E-state index contributed by atoms with van der Waals surface area (Å²) in [5.41, 5.74) is 0.691. The molecule has 0 aliphatic heterocycles. The van der Waals surface area contributed by atoms with Crippen LogP contribution in [0.5, 0.6) is 0 Å². The first-order valence-electron chi connectivity index (χ1n) is 3.55. The summed E-state index contributed by atoms with van der Waals surface area (Å²) in [6, 6.07) is 3.08. The van der Waals surface area contributed by atoms with Crippen molar-refractivity contribution >= 4 is 23.1 Å².